The first-order valence-corrected chi connectivity index (χ1v) is 7.27. The number of fused-ring (bicyclic) bond motifs is 2. The van der Waals surface area contributed by atoms with Crippen LogP contribution in [0.1, 0.15) is 25.7 Å². The highest BCUT2D eigenvalue weighted by Gasteiger charge is 2.66. The van der Waals surface area contributed by atoms with Gasteiger partial charge in [0.15, 0.2) is 0 Å². The second kappa shape index (κ2) is 4.79. The van der Waals surface area contributed by atoms with Crippen molar-refractivity contribution in [3.05, 3.63) is 0 Å². The van der Waals surface area contributed by atoms with E-state index in [0.29, 0.717) is 25.7 Å². The number of carbonyl (C=O) groups is 1. The summed E-state index contributed by atoms with van der Waals surface area (Å²) in [5, 5.41) is 0.237. The van der Waals surface area contributed by atoms with Crippen molar-refractivity contribution in [2.45, 2.75) is 55.1 Å². The Labute approximate surface area is 111 Å². The topological polar surface area (TPSA) is 20.3 Å². The molecule has 2 unspecified atom stereocenters. The van der Waals surface area contributed by atoms with Crippen LogP contribution in [0.2, 0.25) is 0 Å². The largest absolute Gasteiger partial charge is 0.463 e. The lowest BCUT2D eigenvalue weighted by Gasteiger charge is -2.40. The van der Waals surface area contributed by atoms with E-state index in [4.69, 9.17) is 0 Å². The molecule has 19 heavy (non-hydrogen) atoms. The number of rotatable bonds is 2. The van der Waals surface area contributed by atoms with E-state index in [9.17, 15) is 26.7 Å². The Kier molecular flexibility index (Phi) is 3.75. The number of piperidine rings is 1. The summed E-state index contributed by atoms with van der Waals surface area (Å²) >= 11 is 1.57. The van der Waals surface area contributed by atoms with Gasteiger partial charge in [0, 0.05) is 17.3 Å². The van der Waals surface area contributed by atoms with Gasteiger partial charge in [0.1, 0.15) is 0 Å². The van der Waals surface area contributed by atoms with E-state index in [0.717, 1.165) is 4.90 Å². The fraction of sp³-hybridized carbons (Fsp3) is 0.909. The Hall–Kier alpha value is -0.530. The maximum absolute atomic E-state index is 13.1. The van der Waals surface area contributed by atoms with Gasteiger partial charge in [-0.05, 0) is 31.9 Å². The van der Waals surface area contributed by atoms with E-state index >= 15 is 0 Å². The highest BCUT2D eigenvalue weighted by molar-refractivity contribution is 7.99. The Morgan fingerprint density at radius 1 is 1.11 bits per heavy atom. The lowest BCUT2D eigenvalue weighted by atomic mass is 10.0. The quantitative estimate of drug-likeness (QED) is 0.731. The van der Waals surface area contributed by atoms with E-state index in [1.54, 1.807) is 11.8 Å². The fourth-order valence-corrected chi connectivity index (χ4v) is 3.76. The molecule has 2 nitrogen and oxygen atoms in total. The maximum Gasteiger partial charge on any atom is 0.463 e. The third-order valence-electron chi connectivity index (χ3n) is 3.88. The highest BCUT2D eigenvalue weighted by Crippen LogP contribution is 2.44. The molecular formula is C11H14F5NOS. The minimum Gasteiger partial charge on any atom is -0.331 e. The van der Waals surface area contributed by atoms with E-state index in [1.807, 2.05) is 6.26 Å². The lowest BCUT2D eigenvalue weighted by molar-refractivity contribution is -0.275. The van der Waals surface area contributed by atoms with Gasteiger partial charge < -0.3 is 4.90 Å². The van der Waals surface area contributed by atoms with Crippen molar-refractivity contribution in [3.63, 3.8) is 0 Å². The molecule has 2 bridgehead atoms. The highest BCUT2D eigenvalue weighted by atomic mass is 32.2. The third kappa shape index (κ3) is 2.43. The Bertz CT molecular complexity index is 359. The van der Waals surface area contributed by atoms with Crippen molar-refractivity contribution in [2.75, 3.05) is 6.26 Å². The number of hydrogen-bond donors (Lipinski definition) is 0. The van der Waals surface area contributed by atoms with Gasteiger partial charge in [-0.25, -0.2) is 0 Å². The average Bonchev–Trinajstić information content (AvgIpc) is 2.56. The lowest BCUT2D eigenvalue weighted by Crippen LogP contribution is -2.57. The van der Waals surface area contributed by atoms with Gasteiger partial charge in [0.05, 0.1) is 0 Å². The van der Waals surface area contributed by atoms with Gasteiger partial charge in [0.25, 0.3) is 0 Å². The summed E-state index contributed by atoms with van der Waals surface area (Å²) in [7, 11) is 0. The summed E-state index contributed by atoms with van der Waals surface area (Å²) < 4.78 is 63.0. The Morgan fingerprint density at radius 2 is 1.58 bits per heavy atom. The summed E-state index contributed by atoms with van der Waals surface area (Å²) in [5.74, 6) is -7.35. The predicted octanol–water partition coefficient (Wildman–Crippen LogP) is 3.07. The van der Waals surface area contributed by atoms with Gasteiger partial charge >= 0.3 is 18.0 Å². The zero-order chi connectivity index (χ0) is 14.4. The maximum atomic E-state index is 13.1. The van der Waals surface area contributed by atoms with E-state index in [-0.39, 0.29) is 5.25 Å². The van der Waals surface area contributed by atoms with E-state index in [2.05, 4.69) is 0 Å². The van der Waals surface area contributed by atoms with Crippen LogP contribution in [0.4, 0.5) is 22.0 Å². The summed E-state index contributed by atoms with van der Waals surface area (Å²) in [4.78, 5) is 12.4. The van der Waals surface area contributed by atoms with Crippen LogP contribution in [0, 0.1) is 0 Å². The van der Waals surface area contributed by atoms with Crippen LogP contribution >= 0.6 is 11.8 Å². The number of alkyl halides is 5. The molecule has 2 saturated heterocycles. The molecule has 2 aliphatic rings. The first kappa shape index (κ1) is 14.9. The van der Waals surface area contributed by atoms with E-state index < -0.39 is 30.1 Å². The molecule has 0 saturated carbocycles. The normalized spacial score (nSPS) is 31.7. The molecule has 2 rings (SSSR count). The molecule has 0 aromatic carbocycles. The number of halogens is 5. The second-order valence-corrected chi connectivity index (χ2v) is 6.14. The smallest absolute Gasteiger partial charge is 0.331 e. The molecule has 1 amide bonds. The van der Waals surface area contributed by atoms with Crippen molar-refractivity contribution in [1.82, 2.24) is 4.90 Å². The van der Waals surface area contributed by atoms with Crippen molar-refractivity contribution >= 4 is 17.7 Å². The van der Waals surface area contributed by atoms with Crippen LogP contribution < -0.4 is 0 Å². The van der Waals surface area contributed by atoms with Crippen LogP contribution in [0.25, 0.3) is 0 Å². The predicted molar refractivity (Wildman–Crippen MR) is 61.2 cm³/mol. The number of carbonyl (C=O) groups excluding carboxylic acids is 1. The molecule has 0 radical (unpaired) electrons. The first-order chi connectivity index (χ1) is 8.68. The molecule has 0 aromatic heterocycles. The van der Waals surface area contributed by atoms with Gasteiger partial charge in [-0.1, -0.05) is 0 Å². The van der Waals surface area contributed by atoms with Crippen LogP contribution in [-0.4, -0.2) is 46.5 Å². The van der Waals surface area contributed by atoms with Crippen molar-refractivity contribution in [2.24, 2.45) is 0 Å². The van der Waals surface area contributed by atoms with Crippen LogP contribution in [-0.2, 0) is 4.79 Å². The van der Waals surface area contributed by atoms with Crippen molar-refractivity contribution in [3.8, 4) is 0 Å². The minimum absolute atomic E-state index is 0.237. The summed E-state index contributed by atoms with van der Waals surface area (Å²) in [6.07, 6.45) is -1.91. The van der Waals surface area contributed by atoms with Gasteiger partial charge in [-0.2, -0.15) is 33.7 Å². The Balaban J connectivity index is 2.18. The van der Waals surface area contributed by atoms with Crippen molar-refractivity contribution < 1.29 is 26.7 Å². The van der Waals surface area contributed by atoms with Crippen LogP contribution in [0.3, 0.4) is 0 Å². The first-order valence-electron chi connectivity index (χ1n) is 5.98. The zero-order valence-electron chi connectivity index (χ0n) is 10.2. The molecule has 0 N–H and O–H groups in total. The molecule has 2 heterocycles. The molecule has 2 atom stereocenters. The average molecular weight is 303 g/mol. The van der Waals surface area contributed by atoms with E-state index in [1.165, 1.54) is 0 Å². The molecule has 8 heteroatoms. The van der Waals surface area contributed by atoms with Gasteiger partial charge in [0.2, 0.25) is 0 Å². The number of thioether (sulfide) groups is 1. The van der Waals surface area contributed by atoms with Gasteiger partial charge in [-0.3, -0.25) is 4.79 Å². The molecule has 0 spiro atoms. The summed E-state index contributed by atoms with van der Waals surface area (Å²) in [5.41, 5.74) is 0. The summed E-state index contributed by atoms with van der Waals surface area (Å²) in [6, 6.07) is -0.950. The second-order valence-electron chi connectivity index (χ2n) is 5.00. The summed E-state index contributed by atoms with van der Waals surface area (Å²) in [6.45, 7) is 0. The monoisotopic (exact) mass is 303 g/mol. The number of amides is 1. The number of nitrogens with zero attached hydrogens (tertiary/aromatic N) is 1. The molecular weight excluding hydrogens is 289 g/mol. The molecule has 110 valence electrons. The van der Waals surface area contributed by atoms with Gasteiger partial charge in [-0.15, -0.1) is 0 Å². The minimum atomic E-state index is -5.82. The molecule has 0 aromatic rings. The van der Waals surface area contributed by atoms with Crippen molar-refractivity contribution in [1.29, 1.82) is 0 Å². The molecule has 2 fully saturated rings. The van der Waals surface area contributed by atoms with Crippen LogP contribution in [0.15, 0.2) is 0 Å². The fourth-order valence-electron chi connectivity index (χ4n) is 2.93. The third-order valence-corrected chi connectivity index (χ3v) is 4.93. The van der Waals surface area contributed by atoms with Crippen LogP contribution in [0.5, 0.6) is 0 Å². The molecule has 2 aliphatic heterocycles. The number of hydrogen-bond acceptors (Lipinski definition) is 2. The Morgan fingerprint density at radius 3 is 1.95 bits per heavy atom. The standard InChI is InChI=1S/C11H14F5NOS/c1-19-8-4-6-2-3-7(5-8)17(6)9(18)10(12,13)11(14,15)16/h6-8H,2-5H2,1H3. The SMILES string of the molecule is CSC1CC2CCC(C1)N2C(=O)C(F)(F)C(F)(F)F. The zero-order valence-corrected chi connectivity index (χ0v) is 11.0. The molecule has 0 aliphatic carbocycles.